The first-order valence-electron chi connectivity index (χ1n) is 9.76. The fraction of sp³-hybridized carbons (Fsp3) is 0.174. The number of sulfonamides is 1. The lowest BCUT2D eigenvalue weighted by Gasteiger charge is -2.11. The van der Waals surface area contributed by atoms with E-state index >= 15 is 0 Å². The number of aryl methyl sites for hydroxylation is 2. The lowest BCUT2D eigenvalue weighted by molar-refractivity contribution is 0.570. The van der Waals surface area contributed by atoms with E-state index in [0.29, 0.717) is 6.54 Å². The molecule has 0 amide bonds. The number of aromatic nitrogens is 2. The second-order valence-electron chi connectivity index (χ2n) is 7.01. The first-order chi connectivity index (χ1) is 14.5. The van der Waals surface area contributed by atoms with Crippen molar-refractivity contribution < 1.29 is 12.8 Å². The molecule has 0 unspecified atom stereocenters. The van der Waals surface area contributed by atoms with Gasteiger partial charge in [0, 0.05) is 19.5 Å². The molecule has 4 rings (SSSR count). The molecule has 30 heavy (non-hydrogen) atoms. The van der Waals surface area contributed by atoms with Gasteiger partial charge in [-0.15, -0.1) is 0 Å². The van der Waals surface area contributed by atoms with Gasteiger partial charge in [0.25, 0.3) is 0 Å². The summed E-state index contributed by atoms with van der Waals surface area (Å²) in [6, 6.07) is 22.8. The molecule has 0 fully saturated rings. The Hall–Kier alpha value is -3.03. The Balaban J connectivity index is 1.50. The molecule has 1 aromatic heterocycles. The maximum absolute atomic E-state index is 13.1. The third-order valence-electron chi connectivity index (χ3n) is 4.97. The van der Waals surface area contributed by atoms with Crippen molar-refractivity contribution in [2.75, 3.05) is 6.54 Å². The van der Waals surface area contributed by atoms with E-state index < -0.39 is 15.8 Å². The molecule has 0 atom stereocenters. The summed E-state index contributed by atoms with van der Waals surface area (Å²) in [5, 5.41) is 0. The Bertz CT molecular complexity index is 1240. The van der Waals surface area contributed by atoms with Crippen molar-refractivity contribution in [2.24, 2.45) is 0 Å². The fourth-order valence-electron chi connectivity index (χ4n) is 3.46. The van der Waals surface area contributed by atoms with Gasteiger partial charge in [0.05, 0.1) is 15.9 Å². The molecule has 0 aliphatic heterocycles. The van der Waals surface area contributed by atoms with E-state index in [9.17, 15) is 12.8 Å². The molecule has 0 aliphatic carbocycles. The first kappa shape index (κ1) is 20.3. The predicted molar refractivity (Wildman–Crippen MR) is 115 cm³/mol. The Labute approximate surface area is 175 Å². The van der Waals surface area contributed by atoms with Crippen LogP contribution in [0.2, 0.25) is 0 Å². The molecule has 3 aromatic carbocycles. The molecule has 5 nitrogen and oxygen atoms in total. The highest BCUT2D eigenvalue weighted by Crippen LogP contribution is 2.18. The van der Waals surface area contributed by atoms with Crippen LogP contribution in [0.4, 0.5) is 4.39 Å². The molecule has 4 aromatic rings. The molecular formula is C23H22FN3O2S. The minimum absolute atomic E-state index is 0.0451. The van der Waals surface area contributed by atoms with E-state index in [1.165, 1.54) is 17.7 Å². The summed E-state index contributed by atoms with van der Waals surface area (Å²) in [5.41, 5.74) is 3.09. The van der Waals surface area contributed by atoms with Gasteiger partial charge >= 0.3 is 0 Å². The number of imidazole rings is 1. The normalized spacial score (nSPS) is 11.8. The van der Waals surface area contributed by atoms with E-state index in [1.807, 2.05) is 42.5 Å². The number of fused-ring (bicyclic) bond motifs is 1. The van der Waals surface area contributed by atoms with Gasteiger partial charge in [0.2, 0.25) is 10.0 Å². The summed E-state index contributed by atoms with van der Waals surface area (Å²) in [6.07, 6.45) is 1.61. The van der Waals surface area contributed by atoms with Gasteiger partial charge in [-0.05, 0) is 48.4 Å². The lowest BCUT2D eigenvalue weighted by atomic mass is 10.1. The zero-order valence-electron chi connectivity index (χ0n) is 16.3. The van der Waals surface area contributed by atoms with Crippen LogP contribution >= 0.6 is 0 Å². The highest BCUT2D eigenvalue weighted by Gasteiger charge is 2.15. The van der Waals surface area contributed by atoms with Gasteiger partial charge < -0.3 is 4.57 Å². The predicted octanol–water partition coefficient (Wildman–Crippen LogP) is 3.94. The van der Waals surface area contributed by atoms with Crippen LogP contribution in [-0.2, 0) is 29.4 Å². The molecule has 1 heterocycles. The Kier molecular flexibility index (Phi) is 5.92. The van der Waals surface area contributed by atoms with Crippen LogP contribution in [-0.4, -0.2) is 24.5 Å². The number of nitrogens with zero attached hydrogens (tertiary/aromatic N) is 2. The standard InChI is InChI=1S/C23H22FN3O2S/c24-19-11-13-20(14-12-19)30(28,29)25-16-17-27-22-9-5-4-8-21(22)26-23(27)15-10-18-6-2-1-3-7-18/h1-9,11-14,25H,10,15-17H2. The number of benzene rings is 3. The third kappa shape index (κ3) is 4.58. The lowest BCUT2D eigenvalue weighted by Crippen LogP contribution is -2.28. The summed E-state index contributed by atoms with van der Waals surface area (Å²) in [6.45, 7) is 0.656. The first-order valence-corrected chi connectivity index (χ1v) is 11.2. The number of rotatable bonds is 8. The zero-order chi connectivity index (χ0) is 21.0. The van der Waals surface area contributed by atoms with Crippen LogP contribution in [0.1, 0.15) is 11.4 Å². The topological polar surface area (TPSA) is 64.0 Å². The van der Waals surface area contributed by atoms with E-state index in [1.54, 1.807) is 0 Å². The molecule has 0 spiro atoms. The average Bonchev–Trinajstić information content (AvgIpc) is 3.11. The molecular weight excluding hydrogens is 401 g/mol. The number of para-hydroxylation sites is 2. The summed E-state index contributed by atoms with van der Waals surface area (Å²) < 4.78 is 42.7. The monoisotopic (exact) mass is 423 g/mol. The van der Waals surface area contributed by atoms with Gasteiger partial charge in [-0.25, -0.2) is 22.5 Å². The van der Waals surface area contributed by atoms with Crippen molar-refractivity contribution in [1.82, 2.24) is 14.3 Å². The summed E-state index contributed by atoms with van der Waals surface area (Å²) >= 11 is 0. The van der Waals surface area contributed by atoms with Crippen molar-refractivity contribution in [3.8, 4) is 0 Å². The number of hydrogen-bond donors (Lipinski definition) is 1. The van der Waals surface area contributed by atoms with Gasteiger partial charge in [-0.1, -0.05) is 42.5 Å². The number of nitrogens with one attached hydrogen (secondary N) is 1. The fourth-order valence-corrected chi connectivity index (χ4v) is 4.48. The quantitative estimate of drug-likeness (QED) is 0.467. The van der Waals surface area contributed by atoms with Crippen LogP contribution in [0.5, 0.6) is 0 Å². The SMILES string of the molecule is O=S(=O)(NCCn1c(CCc2ccccc2)nc2ccccc21)c1ccc(F)cc1. The van der Waals surface area contributed by atoms with Crippen molar-refractivity contribution in [1.29, 1.82) is 0 Å². The largest absolute Gasteiger partial charge is 0.327 e. The van der Waals surface area contributed by atoms with E-state index in [-0.39, 0.29) is 11.4 Å². The second-order valence-corrected chi connectivity index (χ2v) is 8.77. The summed E-state index contributed by atoms with van der Waals surface area (Å²) in [4.78, 5) is 4.80. The molecule has 1 N–H and O–H groups in total. The molecule has 0 radical (unpaired) electrons. The smallest absolute Gasteiger partial charge is 0.240 e. The Morgan fingerprint density at radius 2 is 1.57 bits per heavy atom. The molecule has 154 valence electrons. The second kappa shape index (κ2) is 8.77. The molecule has 0 bridgehead atoms. The molecule has 0 aliphatic rings. The minimum atomic E-state index is -3.70. The molecule has 0 saturated carbocycles. The average molecular weight is 424 g/mol. The maximum Gasteiger partial charge on any atom is 0.240 e. The van der Waals surface area contributed by atoms with Crippen LogP contribution in [0.3, 0.4) is 0 Å². The van der Waals surface area contributed by atoms with Crippen molar-refractivity contribution in [3.63, 3.8) is 0 Å². The van der Waals surface area contributed by atoms with E-state index in [2.05, 4.69) is 21.4 Å². The van der Waals surface area contributed by atoms with Gasteiger partial charge in [-0.2, -0.15) is 0 Å². The Morgan fingerprint density at radius 3 is 2.33 bits per heavy atom. The number of hydrogen-bond acceptors (Lipinski definition) is 3. The third-order valence-corrected chi connectivity index (χ3v) is 6.44. The highest BCUT2D eigenvalue weighted by atomic mass is 32.2. The van der Waals surface area contributed by atoms with Crippen LogP contribution in [0, 0.1) is 5.82 Å². The van der Waals surface area contributed by atoms with Crippen LogP contribution < -0.4 is 4.72 Å². The van der Waals surface area contributed by atoms with Gasteiger partial charge in [0.1, 0.15) is 11.6 Å². The van der Waals surface area contributed by atoms with Crippen molar-refractivity contribution in [2.45, 2.75) is 24.3 Å². The van der Waals surface area contributed by atoms with Crippen LogP contribution in [0.15, 0.2) is 83.8 Å². The zero-order valence-corrected chi connectivity index (χ0v) is 17.1. The van der Waals surface area contributed by atoms with Crippen LogP contribution in [0.25, 0.3) is 11.0 Å². The minimum Gasteiger partial charge on any atom is -0.327 e. The summed E-state index contributed by atoms with van der Waals surface area (Å²) in [5.74, 6) is 0.447. The van der Waals surface area contributed by atoms with Crippen molar-refractivity contribution >= 4 is 21.1 Å². The molecule has 7 heteroatoms. The van der Waals surface area contributed by atoms with Gasteiger partial charge in [0.15, 0.2) is 0 Å². The highest BCUT2D eigenvalue weighted by molar-refractivity contribution is 7.89. The Morgan fingerprint density at radius 1 is 0.867 bits per heavy atom. The maximum atomic E-state index is 13.1. The summed E-state index contributed by atoms with van der Waals surface area (Å²) in [7, 11) is -3.70. The number of halogens is 1. The van der Waals surface area contributed by atoms with E-state index in [4.69, 9.17) is 4.98 Å². The molecule has 0 saturated heterocycles. The van der Waals surface area contributed by atoms with Gasteiger partial charge in [-0.3, -0.25) is 0 Å². The van der Waals surface area contributed by atoms with Crippen molar-refractivity contribution in [3.05, 3.63) is 96.1 Å². The van der Waals surface area contributed by atoms with E-state index in [0.717, 1.165) is 41.8 Å².